The number of hydrogen-bond acceptors (Lipinski definition) is 4. The molecule has 2 heterocycles. The summed E-state index contributed by atoms with van der Waals surface area (Å²) in [5, 5.41) is 0. The standard InChI is InChI=1S/C20H23N3O4/c1-13-10-17(14(2)27-13)20(26)22-21-19(25)16-11-18(24)23(12-16)9-8-15-6-4-3-5-7-15/h3-7,10,16H,8-9,11-12H2,1-2H3,(H,21,25)(H,22,26). The highest BCUT2D eigenvalue weighted by atomic mass is 16.3. The van der Waals surface area contributed by atoms with Gasteiger partial charge in [0.1, 0.15) is 11.5 Å². The van der Waals surface area contributed by atoms with E-state index in [1.807, 2.05) is 30.3 Å². The van der Waals surface area contributed by atoms with E-state index < -0.39 is 11.8 Å². The van der Waals surface area contributed by atoms with Gasteiger partial charge < -0.3 is 9.32 Å². The molecule has 142 valence electrons. The fourth-order valence-electron chi connectivity index (χ4n) is 3.22. The summed E-state index contributed by atoms with van der Waals surface area (Å²) in [6.07, 6.45) is 0.900. The molecule has 1 aliphatic heterocycles. The maximum atomic E-state index is 12.3. The van der Waals surface area contributed by atoms with Gasteiger partial charge in [-0.1, -0.05) is 30.3 Å². The van der Waals surface area contributed by atoms with Crippen molar-refractivity contribution in [2.45, 2.75) is 26.7 Å². The summed E-state index contributed by atoms with van der Waals surface area (Å²) in [4.78, 5) is 38.3. The topological polar surface area (TPSA) is 91.7 Å². The lowest BCUT2D eigenvalue weighted by Crippen LogP contribution is -2.45. The van der Waals surface area contributed by atoms with Crippen LogP contribution in [-0.4, -0.2) is 35.7 Å². The number of rotatable bonds is 5. The van der Waals surface area contributed by atoms with Gasteiger partial charge in [0.15, 0.2) is 0 Å². The molecule has 0 saturated carbocycles. The van der Waals surface area contributed by atoms with Crippen molar-refractivity contribution in [3.63, 3.8) is 0 Å². The minimum atomic E-state index is -0.472. The number of carbonyl (C=O) groups is 3. The number of amides is 3. The first-order valence-corrected chi connectivity index (χ1v) is 8.93. The van der Waals surface area contributed by atoms with E-state index in [1.165, 1.54) is 0 Å². The predicted molar refractivity (Wildman–Crippen MR) is 98.6 cm³/mol. The maximum Gasteiger partial charge on any atom is 0.273 e. The molecule has 7 heteroatoms. The Labute approximate surface area is 157 Å². The fourth-order valence-corrected chi connectivity index (χ4v) is 3.22. The Kier molecular flexibility index (Phi) is 5.59. The van der Waals surface area contributed by atoms with E-state index in [4.69, 9.17) is 4.42 Å². The van der Waals surface area contributed by atoms with Gasteiger partial charge in [-0.05, 0) is 31.9 Å². The van der Waals surface area contributed by atoms with Crippen LogP contribution in [0, 0.1) is 19.8 Å². The van der Waals surface area contributed by atoms with E-state index in [2.05, 4.69) is 10.9 Å². The van der Waals surface area contributed by atoms with Crippen LogP contribution in [0.15, 0.2) is 40.8 Å². The summed E-state index contributed by atoms with van der Waals surface area (Å²) in [7, 11) is 0. The van der Waals surface area contributed by atoms with Crippen LogP contribution in [0.5, 0.6) is 0 Å². The van der Waals surface area contributed by atoms with Crippen LogP contribution < -0.4 is 10.9 Å². The predicted octanol–water partition coefficient (Wildman–Crippen LogP) is 1.75. The number of aryl methyl sites for hydroxylation is 2. The molecule has 0 spiro atoms. The van der Waals surface area contributed by atoms with Crippen LogP contribution >= 0.6 is 0 Å². The number of furan rings is 1. The van der Waals surface area contributed by atoms with E-state index in [0.717, 1.165) is 12.0 Å². The van der Waals surface area contributed by atoms with Gasteiger partial charge in [0.05, 0.1) is 11.5 Å². The first-order valence-electron chi connectivity index (χ1n) is 8.93. The monoisotopic (exact) mass is 369 g/mol. The van der Waals surface area contributed by atoms with Crippen LogP contribution in [0.3, 0.4) is 0 Å². The molecule has 0 bridgehead atoms. The molecule has 1 atom stereocenters. The second kappa shape index (κ2) is 8.07. The van der Waals surface area contributed by atoms with Gasteiger partial charge in [0.25, 0.3) is 5.91 Å². The smallest absolute Gasteiger partial charge is 0.273 e. The quantitative estimate of drug-likeness (QED) is 0.786. The Morgan fingerprint density at radius 2 is 1.93 bits per heavy atom. The van der Waals surface area contributed by atoms with Crippen molar-refractivity contribution in [1.29, 1.82) is 0 Å². The molecule has 1 aromatic heterocycles. The largest absolute Gasteiger partial charge is 0.466 e. The second-order valence-electron chi connectivity index (χ2n) is 6.75. The summed E-state index contributed by atoms with van der Waals surface area (Å²) in [6.45, 7) is 4.37. The number of nitrogens with one attached hydrogen (secondary N) is 2. The summed E-state index contributed by atoms with van der Waals surface area (Å²) >= 11 is 0. The lowest BCUT2D eigenvalue weighted by atomic mass is 10.1. The van der Waals surface area contributed by atoms with Crippen LogP contribution in [0.4, 0.5) is 0 Å². The SMILES string of the molecule is Cc1cc(C(=O)NNC(=O)C2CC(=O)N(CCc3ccccc3)C2)c(C)o1. The summed E-state index contributed by atoms with van der Waals surface area (Å²) in [6, 6.07) is 11.5. The third-order valence-corrected chi connectivity index (χ3v) is 4.68. The zero-order chi connectivity index (χ0) is 19.4. The molecular weight excluding hydrogens is 346 g/mol. The van der Waals surface area contributed by atoms with Gasteiger partial charge in [0, 0.05) is 19.5 Å². The Morgan fingerprint density at radius 3 is 2.59 bits per heavy atom. The van der Waals surface area contributed by atoms with Gasteiger partial charge in [-0.2, -0.15) is 0 Å². The molecule has 27 heavy (non-hydrogen) atoms. The maximum absolute atomic E-state index is 12.3. The van der Waals surface area contributed by atoms with E-state index in [-0.39, 0.29) is 18.2 Å². The Morgan fingerprint density at radius 1 is 1.19 bits per heavy atom. The third kappa shape index (κ3) is 4.55. The van der Waals surface area contributed by atoms with Gasteiger partial charge >= 0.3 is 0 Å². The number of likely N-dealkylation sites (tertiary alicyclic amines) is 1. The lowest BCUT2D eigenvalue weighted by Gasteiger charge is -2.16. The molecule has 3 rings (SSSR count). The Bertz CT molecular complexity index is 844. The van der Waals surface area contributed by atoms with E-state index in [9.17, 15) is 14.4 Å². The molecule has 1 saturated heterocycles. The first kappa shape index (κ1) is 18.7. The lowest BCUT2D eigenvalue weighted by molar-refractivity contribution is -0.129. The Hall–Kier alpha value is -3.09. The summed E-state index contributed by atoms with van der Waals surface area (Å²) < 4.78 is 5.31. The normalized spacial score (nSPS) is 16.4. The molecule has 7 nitrogen and oxygen atoms in total. The molecule has 1 unspecified atom stereocenters. The highest BCUT2D eigenvalue weighted by molar-refractivity contribution is 5.97. The number of nitrogens with zero attached hydrogens (tertiary/aromatic N) is 1. The van der Waals surface area contributed by atoms with Crippen LogP contribution in [0.25, 0.3) is 0 Å². The van der Waals surface area contributed by atoms with Gasteiger partial charge in [0.2, 0.25) is 11.8 Å². The van der Waals surface area contributed by atoms with Crippen molar-refractivity contribution in [2.24, 2.45) is 5.92 Å². The number of hydrogen-bond donors (Lipinski definition) is 2. The molecule has 3 amide bonds. The molecule has 1 aliphatic rings. The van der Waals surface area contributed by atoms with Crippen LogP contribution in [0.2, 0.25) is 0 Å². The van der Waals surface area contributed by atoms with Crippen molar-refractivity contribution in [3.05, 3.63) is 59.0 Å². The highest BCUT2D eigenvalue weighted by Gasteiger charge is 2.34. The second-order valence-corrected chi connectivity index (χ2v) is 6.75. The van der Waals surface area contributed by atoms with Crippen LogP contribution in [0.1, 0.15) is 33.9 Å². The van der Waals surface area contributed by atoms with Crippen molar-refractivity contribution < 1.29 is 18.8 Å². The highest BCUT2D eigenvalue weighted by Crippen LogP contribution is 2.18. The zero-order valence-corrected chi connectivity index (χ0v) is 15.5. The third-order valence-electron chi connectivity index (χ3n) is 4.68. The minimum Gasteiger partial charge on any atom is -0.466 e. The minimum absolute atomic E-state index is 0.0429. The molecule has 0 radical (unpaired) electrons. The van der Waals surface area contributed by atoms with Crippen molar-refractivity contribution in [3.8, 4) is 0 Å². The molecule has 1 aromatic carbocycles. The molecular formula is C20H23N3O4. The van der Waals surface area contributed by atoms with Crippen molar-refractivity contribution in [2.75, 3.05) is 13.1 Å². The first-order chi connectivity index (χ1) is 12.9. The molecule has 2 aromatic rings. The van der Waals surface area contributed by atoms with Crippen molar-refractivity contribution in [1.82, 2.24) is 15.8 Å². The molecule has 0 aliphatic carbocycles. The molecule has 2 N–H and O–H groups in total. The average Bonchev–Trinajstić information content (AvgIpc) is 3.20. The van der Waals surface area contributed by atoms with Gasteiger partial charge in [-0.25, -0.2) is 0 Å². The summed E-state index contributed by atoms with van der Waals surface area (Å²) in [5.74, 6) is -0.207. The summed E-state index contributed by atoms with van der Waals surface area (Å²) in [5.41, 5.74) is 6.33. The van der Waals surface area contributed by atoms with Gasteiger partial charge in [-0.3, -0.25) is 25.2 Å². The van der Waals surface area contributed by atoms with E-state index in [0.29, 0.717) is 30.2 Å². The Balaban J connectivity index is 1.48. The fraction of sp³-hybridized carbons (Fsp3) is 0.350. The van der Waals surface area contributed by atoms with Gasteiger partial charge in [-0.15, -0.1) is 0 Å². The van der Waals surface area contributed by atoms with Crippen molar-refractivity contribution >= 4 is 17.7 Å². The van der Waals surface area contributed by atoms with Crippen LogP contribution in [-0.2, 0) is 16.0 Å². The number of benzene rings is 1. The number of carbonyl (C=O) groups excluding carboxylic acids is 3. The van der Waals surface area contributed by atoms with E-state index in [1.54, 1.807) is 24.8 Å². The average molecular weight is 369 g/mol. The van der Waals surface area contributed by atoms with E-state index >= 15 is 0 Å². The zero-order valence-electron chi connectivity index (χ0n) is 15.5. The molecule has 1 fully saturated rings. The number of hydrazine groups is 1.